The molecule has 0 saturated heterocycles. The van der Waals surface area contributed by atoms with E-state index in [4.69, 9.17) is 6.42 Å². The van der Waals surface area contributed by atoms with Gasteiger partial charge in [0.15, 0.2) is 5.67 Å². The fourth-order valence-electron chi connectivity index (χ4n) is 0.701. The second-order valence-corrected chi connectivity index (χ2v) is 2.13. The highest BCUT2D eigenvalue weighted by Crippen LogP contribution is 2.24. The van der Waals surface area contributed by atoms with Gasteiger partial charge in [0.25, 0.3) is 0 Å². The SMILES string of the molecule is C#CC1(F)C=CC(F)=CC1. The Kier molecular flexibility index (Phi) is 1.58. The summed E-state index contributed by atoms with van der Waals surface area (Å²) in [5, 5.41) is 0. The van der Waals surface area contributed by atoms with Crippen molar-refractivity contribution in [3.05, 3.63) is 24.1 Å². The van der Waals surface area contributed by atoms with Crippen molar-refractivity contribution in [2.24, 2.45) is 0 Å². The first kappa shape index (κ1) is 7.01. The molecule has 0 aliphatic heterocycles. The molecule has 1 aliphatic carbocycles. The number of hydrogen-bond acceptors (Lipinski definition) is 0. The van der Waals surface area contributed by atoms with E-state index in [-0.39, 0.29) is 6.42 Å². The molecule has 0 nitrogen and oxygen atoms in total. The van der Waals surface area contributed by atoms with Crippen LogP contribution in [0.4, 0.5) is 8.78 Å². The van der Waals surface area contributed by atoms with Crippen molar-refractivity contribution in [3.63, 3.8) is 0 Å². The minimum absolute atomic E-state index is 0.0637. The first-order valence-corrected chi connectivity index (χ1v) is 2.88. The molecule has 0 fully saturated rings. The van der Waals surface area contributed by atoms with Gasteiger partial charge >= 0.3 is 0 Å². The van der Waals surface area contributed by atoms with E-state index in [1.165, 1.54) is 0 Å². The van der Waals surface area contributed by atoms with E-state index in [2.05, 4.69) is 0 Å². The third kappa shape index (κ3) is 1.24. The van der Waals surface area contributed by atoms with E-state index in [0.717, 1.165) is 18.2 Å². The summed E-state index contributed by atoms with van der Waals surface area (Å²) in [4.78, 5) is 0. The zero-order valence-corrected chi connectivity index (χ0v) is 5.27. The number of terminal acetylenes is 1. The number of hydrogen-bond donors (Lipinski definition) is 0. The monoisotopic (exact) mass is 140 g/mol. The van der Waals surface area contributed by atoms with Gasteiger partial charge in [0.1, 0.15) is 5.83 Å². The Morgan fingerprint density at radius 3 is 2.80 bits per heavy atom. The molecule has 1 aliphatic rings. The fourth-order valence-corrected chi connectivity index (χ4v) is 0.701. The molecule has 0 aromatic carbocycles. The summed E-state index contributed by atoms with van der Waals surface area (Å²) in [6, 6.07) is 0. The predicted octanol–water partition coefficient (Wildman–Crippen LogP) is 2.14. The highest BCUT2D eigenvalue weighted by molar-refractivity contribution is 5.30. The van der Waals surface area contributed by atoms with Crippen molar-refractivity contribution in [1.29, 1.82) is 0 Å². The van der Waals surface area contributed by atoms with Crippen LogP contribution in [0.2, 0.25) is 0 Å². The first-order chi connectivity index (χ1) is 4.66. The van der Waals surface area contributed by atoms with Crippen LogP contribution in [0.25, 0.3) is 0 Å². The predicted molar refractivity (Wildman–Crippen MR) is 35.6 cm³/mol. The Balaban J connectivity index is 2.80. The van der Waals surface area contributed by atoms with Crippen LogP contribution in [0.1, 0.15) is 6.42 Å². The van der Waals surface area contributed by atoms with Crippen molar-refractivity contribution in [2.75, 3.05) is 0 Å². The van der Waals surface area contributed by atoms with Crippen LogP contribution in [0, 0.1) is 12.3 Å². The maximum atomic E-state index is 12.9. The molecule has 1 unspecified atom stereocenters. The molecule has 0 radical (unpaired) electrons. The Hall–Kier alpha value is -1.10. The van der Waals surface area contributed by atoms with Crippen LogP contribution < -0.4 is 0 Å². The first-order valence-electron chi connectivity index (χ1n) is 2.88. The van der Waals surface area contributed by atoms with Gasteiger partial charge in [0.05, 0.1) is 0 Å². The Bertz CT molecular complexity index is 232. The second-order valence-electron chi connectivity index (χ2n) is 2.13. The molecule has 10 heavy (non-hydrogen) atoms. The molecule has 0 spiro atoms. The second kappa shape index (κ2) is 2.26. The molecule has 1 rings (SSSR count). The van der Waals surface area contributed by atoms with E-state index >= 15 is 0 Å². The average molecular weight is 140 g/mol. The lowest BCUT2D eigenvalue weighted by Crippen LogP contribution is -2.17. The molecule has 2 heteroatoms. The van der Waals surface area contributed by atoms with E-state index in [0.29, 0.717) is 0 Å². The van der Waals surface area contributed by atoms with Gasteiger partial charge in [-0.2, -0.15) is 0 Å². The summed E-state index contributed by atoms with van der Waals surface area (Å²) in [5.74, 6) is 1.51. The molecule has 0 saturated carbocycles. The largest absolute Gasteiger partial charge is 0.225 e. The van der Waals surface area contributed by atoms with Crippen molar-refractivity contribution < 1.29 is 8.78 Å². The third-order valence-corrected chi connectivity index (χ3v) is 1.34. The van der Waals surface area contributed by atoms with E-state index in [1.807, 2.05) is 5.92 Å². The number of allylic oxidation sites excluding steroid dienone is 4. The number of rotatable bonds is 0. The van der Waals surface area contributed by atoms with Gasteiger partial charge in [0, 0.05) is 6.42 Å². The van der Waals surface area contributed by atoms with Gasteiger partial charge in [-0.15, -0.1) is 6.42 Å². The topological polar surface area (TPSA) is 0 Å². The summed E-state index contributed by atoms with van der Waals surface area (Å²) in [7, 11) is 0. The smallest absolute Gasteiger partial charge is 0.192 e. The molecule has 0 heterocycles. The third-order valence-electron chi connectivity index (χ3n) is 1.34. The lowest BCUT2D eigenvalue weighted by Gasteiger charge is -2.14. The quantitative estimate of drug-likeness (QED) is 0.452. The zero-order chi connectivity index (χ0) is 7.61. The van der Waals surface area contributed by atoms with E-state index in [1.54, 1.807) is 0 Å². The van der Waals surface area contributed by atoms with Crippen LogP contribution in [0.3, 0.4) is 0 Å². The molecule has 1 atom stereocenters. The minimum atomic E-state index is -1.77. The van der Waals surface area contributed by atoms with Gasteiger partial charge in [-0.05, 0) is 18.2 Å². The van der Waals surface area contributed by atoms with Crippen LogP contribution in [-0.2, 0) is 0 Å². The Morgan fingerprint density at radius 1 is 1.70 bits per heavy atom. The normalized spacial score (nSPS) is 31.1. The summed E-state index contributed by atoms with van der Waals surface area (Å²) in [5.41, 5.74) is -1.77. The lowest BCUT2D eigenvalue weighted by atomic mass is 9.98. The van der Waals surface area contributed by atoms with Crippen LogP contribution in [0.15, 0.2) is 24.1 Å². The highest BCUT2D eigenvalue weighted by Gasteiger charge is 2.24. The summed E-state index contributed by atoms with van der Waals surface area (Å²) < 4.78 is 25.1. The van der Waals surface area contributed by atoms with Crippen molar-refractivity contribution in [1.82, 2.24) is 0 Å². The fraction of sp³-hybridized carbons (Fsp3) is 0.250. The minimum Gasteiger partial charge on any atom is -0.225 e. The standard InChI is InChI=1S/C8H6F2/c1-2-8(10)5-3-7(9)4-6-8/h1,3-5H,6H2. The van der Waals surface area contributed by atoms with Gasteiger partial charge in [0.2, 0.25) is 0 Å². The summed E-state index contributed by atoms with van der Waals surface area (Å²) >= 11 is 0. The molecule has 52 valence electrons. The van der Waals surface area contributed by atoms with Crippen molar-refractivity contribution in [2.45, 2.75) is 12.1 Å². The summed E-state index contributed by atoms with van der Waals surface area (Å²) in [6.45, 7) is 0. The molecular formula is C8H6F2. The molecule has 0 N–H and O–H groups in total. The van der Waals surface area contributed by atoms with Crippen LogP contribution in [0.5, 0.6) is 0 Å². The Morgan fingerprint density at radius 2 is 2.40 bits per heavy atom. The van der Waals surface area contributed by atoms with E-state index in [9.17, 15) is 8.78 Å². The van der Waals surface area contributed by atoms with Gasteiger partial charge in [-0.1, -0.05) is 5.92 Å². The maximum absolute atomic E-state index is 12.9. The Labute approximate surface area is 58.2 Å². The summed E-state index contributed by atoms with van der Waals surface area (Å²) in [6.07, 6.45) is 8.03. The molecule has 0 amide bonds. The molecule has 0 aromatic heterocycles. The van der Waals surface area contributed by atoms with Crippen molar-refractivity contribution in [3.8, 4) is 12.3 Å². The van der Waals surface area contributed by atoms with Crippen molar-refractivity contribution >= 4 is 0 Å². The van der Waals surface area contributed by atoms with Crippen LogP contribution in [-0.4, -0.2) is 5.67 Å². The molecular weight excluding hydrogens is 134 g/mol. The number of alkyl halides is 1. The van der Waals surface area contributed by atoms with Gasteiger partial charge in [-0.25, -0.2) is 8.78 Å². The molecule has 0 bridgehead atoms. The highest BCUT2D eigenvalue weighted by atomic mass is 19.1. The van der Waals surface area contributed by atoms with E-state index < -0.39 is 11.5 Å². The molecule has 0 aromatic rings. The average Bonchev–Trinajstić information content (AvgIpc) is 1.96. The van der Waals surface area contributed by atoms with Gasteiger partial charge < -0.3 is 0 Å². The number of halogens is 2. The van der Waals surface area contributed by atoms with Gasteiger partial charge in [-0.3, -0.25) is 0 Å². The zero-order valence-electron chi connectivity index (χ0n) is 5.27. The lowest BCUT2D eigenvalue weighted by molar-refractivity contribution is 0.310. The van der Waals surface area contributed by atoms with Crippen LogP contribution >= 0.6 is 0 Å². The maximum Gasteiger partial charge on any atom is 0.192 e.